The molecule has 1 fully saturated rings. The van der Waals surface area contributed by atoms with Crippen LogP contribution in [0.4, 0.5) is 20.4 Å². The van der Waals surface area contributed by atoms with Gasteiger partial charge in [-0.1, -0.05) is 0 Å². The number of aromatic nitrogens is 6. The minimum Gasteiger partial charge on any atom is -0.488 e. The lowest BCUT2D eigenvalue weighted by atomic mass is 10.2. The van der Waals surface area contributed by atoms with E-state index in [1.165, 1.54) is 10.6 Å². The molecule has 13 nitrogen and oxygen atoms in total. The van der Waals surface area contributed by atoms with Gasteiger partial charge in [-0.25, -0.2) is 18.4 Å². The van der Waals surface area contributed by atoms with Gasteiger partial charge in [-0.2, -0.15) is 14.6 Å². The summed E-state index contributed by atoms with van der Waals surface area (Å²) in [5, 5.41) is 28.0. The summed E-state index contributed by atoms with van der Waals surface area (Å²) in [7, 11) is 0. The van der Waals surface area contributed by atoms with Crippen molar-refractivity contribution in [2.75, 3.05) is 56.6 Å². The molecule has 1 atom stereocenters. The maximum Gasteiger partial charge on any atom is 0.225 e. The largest absolute Gasteiger partial charge is 0.488 e. The number of aliphatic hydroxyl groups is 2. The first-order valence-electron chi connectivity index (χ1n) is 12.7. The number of nitrogens with zero attached hydrogens (tertiary/aromatic N) is 8. The van der Waals surface area contributed by atoms with E-state index in [9.17, 15) is 13.9 Å². The summed E-state index contributed by atoms with van der Waals surface area (Å²) in [5.74, 6) is -0.641. The Morgan fingerprint density at radius 2 is 1.90 bits per heavy atom. The highest BCUT2D eigenvalue weighted by molar-refractivity contribution is 5.90. The Bertz CT molecular complexity index is 1630. The van der Waals surface area contributed by atoms with E-state index in [1.54, 1.807) is 29.3 Å². The first-order chi connectivity index (χ1) is 19.4. The third-order valence-corrected chi connectivity index (χ3v) is 6.82. The van der Waals surface area contributed by atoms with Crippen LogP contribution in [0.2, 0.25) is 0 Å². The Balaban J connectivity index is 1.11. The molecular weight excluding hydrogens is 528 g/mol. The summed E-state index contributed by atoms with van der Waals surface area (Å²) >= 11 is 0. The fraction of sp³-hybridized carbons (Fsp3) is 0.360. The normalized spacial score (nSPS) is 15.3. The smallest absolute Gasteiger partial charge is 0.225 e. The molecule has 0 spiro atoms. The van der Waals surface area contributed by atoms with Gasteiger partial charge in [-0.05, 0) is 12.1 Å². The Morgan fingerprint density at radius 1 is 1.07 bits per heavy atom. The highest BCUT2D eigenvalue weighted by atomic mass is 19.1. The van der Waals surface area contributed by atoms with Crippen LogP contribution in [0.15, 0.2) is 41.1 Å². The van der Waals surface area contributed by atoms with Gasteiger partial charge in [-0.15, -0.1) is 5.10 Å². The van der Waals surface area contributed by atoms with E-state index in [0.29, 0.717) is 67.5 Å². The fourth-order valence-corrected chi connectivity index (χ4v) is 4.69. The molecule has 0 saturated carbocycles. The molecule has 0 bridgehead atoms. The molecule has 5 aromatic rings. The average Bonchev–Trinajstić information content (AvgIpc) is 3.72. The zero-order valence-corrected chi connectivity index (χ0v) is 21.3. The summed E-state index contributed by atoms with van der Waals surface area (Å²) in [6.45, 7) is 2.71. The van der Waals surface area contributed by atoms with Gasteiger partial charge in [0.15, 0.2) is 28.6 Å². The average molecular weight is 556 g/mol. The number of hydrogen-bond donors (Lipinski definition) is 3. The molecule has 1 aromatic carbocycles. The number of aliphatic hydroxyl groups excluding tert-OH is 2. The van der Waals surface area contributed by atoms with Crippen molar-refractivity contribution in [3.05, 3.63) is 48.4 Å². The van der Waals surface area contributed by atoms with Crippen molar-refractivity contribution in [3.63, 3.8) is 0 Å². The van der Waals surface area contributed by atoms with Gasteiger partial charge in [-0.3, -0.25) is 4.90 Å². The zero-order chi connectivity index (χ0) is 27.8. The third kappa shape index (κ3) is 4.89. The van der Waals surface area contributed by atoms with E-state index in [2.05, 4.69) is 25.1 Å². The van der Waals surface area contributed by atoms with Crippen LogP contribution in [0.25, 0.3) is 28.3 Å². The van der Waals surface area contributed by atoms with E-state index < -0.39 is 24.3 Å². The monoisotopic (exact) mass is 555 g/mol. The SMILES string of the molecule is Nc1nc2c(cnn2CCN2CCN(c3cc(OC[C@@H](O)CO)c(F)cc3F)CC2)c2nc(-c3ccco3)nn12. The number of halogens is 2. The van der Waals surface area contributed by atoms with Gasteiger partial charge in [0.05, 0.1) is 36.7 Å². The Kier molecular flexibility index (Phi) is 6.91. The number of rotatable bonds is 9. The lowest BCUT2D eigenvalue weighted by molar-refractivity contribution is 0.0523. The molecule has 1 saturated heterocycles. The second kappa shape index (κ2) is 10.7. The molecule has 0 amide bonds. The van der Waals surface area contributed by atoms with E-state index in [0.717, 1.165) is 6.07 Å². The number of nitrogens with two attached hydrogens (primary N) is 1. The second-order valence-electron chi connectivity index (χ2n) is 9.43. The summed E-state index contributed by atoms with van der Waals surface area (Å²) in [6.07, 6.45) is 2.08. The van der Waals surface area contributed by atoms with E-state index in [-0.39, 0.29) is 24.0 Å². The number of ether oxygens (including phenoxy) is 1. The van der Waals surface area contributed by atoms with Crippen molar-refractivity contribution >= 4 is 28.3 Å². The number of fused-ring (bicyclic) bond motifs is 3. The predicted octanol–water partition coefficient (Wildman–Crippen LogP) is 1.15. The molecule has 4 aromatic heterocycles. The molecule has 0 unspecified atom stereocenters. The van der Waals surface area contributed by atoms with Crippen molar-refractivity contribution in [2.45, 2.75) is 12.6 Å². The van der Waals surface area contributed by atoms with Crippen molar-refractivity contribution < 1.29 is 28.1 Å². The molecular formula is C25H27F2N9O4. The maximum absolute atomic E-state index is 14.6. The molecule has 210 valence electrons. The molecule has 1 aliphatic rings. The highest BCUT2D eigenvalue weighted by Crippen LogP contribution is 2.29. The van der Waals surface area contributed by atoms with Crippen molar-refractivity contribution in [3.8, 4) is 17.3 Å². The molecule has 0 radical (unpaired) electrons. The number of benzene rings is 1. The molecule has 5 heterocycles. The Morgan fingerprint density at radius 3 is 2.65 bits per heavy atom. The molecule has 4 N–H and O–H groups in total. The van der Waals surface area contributed by atoms with Gasteiger partial charge in [0.2, 0.25) is 11.8 Å². The first-order valence-corrected chi connectivity index (χ1v) is 12.7. The minimum atomic E-state index is -1.16. The van der Waals surface area contributed by atoms with Gasteiger partial charge in [0.1, 0.15) is 18.5 Å². The van der Waals surface area contributed by atoms with Gasteiger partial charge in [0.25, 0.3) is 0 Å². The molecule has 40 heavy (non-hydrogen) atoms. The topological polar surface area (TPSA) is 156 Å². The molecule has 6 rings (SSSR count). The van der Waals surface area contributed by atoms with Crippen LogP contribution in [0.5, 0.6) is 5.75 Å². The van der Waals surface area contributed by atoms with Gasteiger partial charge >= 0.3 is 0 Å². The van der Waals surface area contributed by atoms with Crippen LogP contribution in [-0.4, -0.2) is 96.5 Å². The minimum absolute atomic E-state index is 0.179. The molecule has 1 aliphatic heterocycles. The van der Waals surface area contributed by atoms with Crippen LogP contribution in [0.3, 0.4) is 0 Å². The summed E-state index contributed by atoms with van der Waals surface area (Å²) < 4.78 is 42.6. The number of anilines is 2. The zero-order valence-electron chi connectivity index (χ0n) is 21.3. The summed E-state index contributed by atoms with van der Waals surface area (Å²) in [4.78, 5) is 13.1. The summed E-state index contributed by atoms with van der Waals surface area (Å²) in [5.41, 5.74) is 7.52. The van der Waals surface area contributed by atoms with E-state index >= 15 is 0 Å². The van der Waals surface area contributed by atoms with Crippen molar-refractivity contribution in [1.29, 1.82) is 0 Å². The highest BCUT2D eigenvalue weighted by Gasteiger charge is 2.23. The second-order valence-corrected chi connectivity index (χ2v) is 9.43. The van der Waals surface area contributed by atoms with Crippen LogP contribution in [0.1, 0.15) is 0 Å². The molecule has 15 heteroatoms. The Hall–Kier alpha value is -4.34. The number of nitrogen functional groups attached to an aromatic ring is 1. The van der Waals surface area contributed by atoms with Crippen LogP contribution in [-0.2, 0) is 6.54 Å². The quantitative estimate of drug-likeness (QED) is 0.240. The summed E-state index contributed by atoms with van der Waals surface area (Å²) in [6, 6.07) is 5.58. The van der Waals surface area contributed by atoms with E-state index in [4.69, 9.17) is 20.0 Å². The first kappa shape index (κ1) is 25.9. The van der Waals surface area contributed by atoms with Crippen molar-refractivity contribution in [2.24, 2.45) is 0 Å². The Labute approximate surface area is 226 Å². The standard InChI is InChI=1S/C25H27F2N9O4/c26-17-10-18(27)21(40-14-15(38)13-37)11-19(17)34-6-3-33(4-7-34)5-8-35-23-16(12-29-35)24-30-22(20-2-1-9-39-20)32-36(24)25(28)31-23/h1-2,9-12,15,37-38H,3-8,13-14H2,(H2,28,31)/t15-/m0/s1. The van der Waals surface area contributed by atoms with Gasteiger partial charge in [0, 0.05) is 44.9 Å². The predicted molar refractivity (Wildman–Crippen MR) is 140 cm³/mol. The maximum atomic E-state index is 14.6. The fourth-order valence-electron chi connectivity index (χ4n) is 4.69. The number of hydrogen-bond acceptors (Lipinski definition) is 11. The van der Waals surface area contributed by atoms with Gasteiger partial charge < -0.3 is 30.0 Å². The lowest BCUT2D eigenvalue weighted by Crippen LogP contribution is -2.47. The van der Waals surface area contributed by atoms with Crippen LogP contribution in [0, 0.1) is 11.6 Å². The number of furan rings is 1. The number of piperazine rings is 1. The van der Waals surface area contributed by atoms with Crippen LogP contribution < -0.4 is 15.4 Å². The van der Waals surface area contributed by atoms with Crippen LogP contribution >= 0.6 is 0 Å². The lowest BCUT2D eigenvalue weighted by Gasteiger charge is -2.36. The third-order valence-electron chi connectivity index (χ3n) is 6.82. The molecule has 0 aliphatic carbocycles. The van der Waals surface area contributed by atoms with Crippen molar-refractivity contribution in [1.82, 2.24) is 34.3 Å². The van der Waals surface area contributed by atoms with E-state index in [1.807, 2.05) is 4.90 Å².